The van der Waals surface area contributed by atoms with Gasteiger partial charge in [0.05, 0.1) is 24.3 Å². The summed E-state index contributed by atoms with van der Waals surface area (Å²) < 4.78 is 51.4. The lowest BCUT2D eigenvalue weighted by Crippen LogP contribution is -2.36. The molecule has 0 aliphatic rings. The SMILES string of the molecule is CCOCCCCCCOc1ccc(-c2nnc([C@@](C)(N)CO)s2)cc1C(F)(F)F. The minimum absolute atomic E-state index is 0.204. The number of ether oxygens (including phenoxy) is 2. The first kappa shape index (κ1) is 24.5. The Labute approximate surface area is 178 Å². The van der Waals surface area contributed by atoms with Gasteiger partial charge in [-0.1, -0.05) is 17.8 Å². The number of aliphatic hydroxyl groups is 1. The van der Waals surface area contributed by atoms with Crippen molar-refractivity contribution in [3.05, 3.63) is 28.8 Å². The lowest BCUT2D eigenvalue weighted by molar-refractivity contribution is -0.138. The number of halogens is 3. The van der Waals surface area contributed by atoms with Gasteiger partial charge in [-0.15, -0.1) is 10.2 Å². The van der Waals surface area contributed by atoms with Crippen molar-refractivity contribution in [2.45, 2.75) is 51.2 Å². The van der Waals surface area contributed by atoms with Crippen molar-refractivity contribution in [2.75, 3.05) is 26.4 Å². The number of unbranched alkanes of at least 4 members (excludes halogenated alkanes) is 3. The number of aromatic nitrogens is 2. The van der Waals surface area contributed by atoms with E-state index >= 15 is 0 Å². The third-order valence-electron chi connectivity index (χ3n) is 4.42. The lowest BCUT2D eigenvalue weighted by atomic mass is 10.1. The van der Waals surface area contributed by atoms with Crippen molar-refractivity contribution in [2.24, 2.45) is 5.73 Å². The van der Waals surface area contributed by atoms with Crippen molar-refractivity contribution in [3.8, 4) is 16.3 Å². The van der Waals surface area contributed by atoms with Gasteiger partial charge < -0.3 is 20.3 Å². The summed E-state index contributed by atoms with van der Waals surface area (Å²) >= 11 is 1.05. The fourth-order valence-corrected chi connectivity index (χ4v) is 3.52. The first-order chi connectivity index (χ1) is 14.2. The average Bonchev–Trinajstić information content (AvgIpc) is 3.20. The Bertz CT molecular complexity index is 797. The van der Waals surface area contributed by atoms with E-state index in [1.807, 2.05) is 6.92 Å². The molecule has 0 amide bonds. The monoisotopic (exact) mass is 447 g/mol. The molecular weight excluding hydrogens is 419 g/mol. The molecule has 0 aliphatic carbocycles. The summed E-state index contributed by atoms with van der Waals surface area (Å²) in [5.74, 6) is -0.204. The van der Waals surface area contributed by atoms with E-state index in [1.165, 1.54) is 12.1 Å². The Kier molecular flexibility index (Phi) is 9.02. The Morgan fingerprint density at radius 1 is 1.10 bits per heavy atom. The molecule has 0 spiro atoms. The highest BCUT2D eigenvalue weighted by Crippen LogP contribution is 2.39. The summed E-state index contributed by atoms with van der Waals surface area (Å²) in [6.07, 6.45) is -1.16. The zero-order chi connectivity index (χ0) is 22.2. The molecule has 1 heterocycles. The van der Waals surface area contributed by atoms with Crippen LogP contribution in [0.15, 0.2) is 18.2 Å². The fraction of sp³-hybridized carbons (Fsp3) is 0.600. The summed E-state index contributed by atoms with van der Waals surface area (Å²) in [7, 11) is 0. The molecule has 0 unspecified atom stereocenters. The standard InChI is InChI=1S/C20H28F3N3O3S/c1-3-28-10-6-4-5-7-11-29-16-9-8-14(12-15(16)20(21,22)23)17-25-26-18(30-17)19(2,24)13-27/h8-9,12,27H,3-7,10-11,13,24H2,1-2H3/t19-/m0/s1. The Hall–Kier alpha value is -1.75. The second kappa shape index (κ2) is 11.0. The van der Waals surface area contributed by atoms with Crippen molar-refractivity contribution in [1.82, 2.24) is 10.2 Å². The average molecular weight is 448 g/mol. The first-order valence-corrected chi connectivity index (χ1v) is 10.7. The minimum atomic E-state index is -4.57. The van der Waals surface area contributed by atoms with Gasteiger partial charge in [0.1, 0.15) is 15.8 Å². The molecule has 30 heavy (non-hydrogen) atoms. The van der Waals surface area contributed by atoms with Crippen molar-refractivity contribution in [1.29, 1.82) is 0 Å². The Morgan fingerprint density at radius 3 is 2.43 bits per heavy atom. The smallest absolute Gasteiger partial charge is 0.419 e. The first-order valence-electron chi connectivity index (χ1n) is 9.85. The number of aliphatic hydroxyl groups excluding tert-OH is 1. The van der Waals surface area contributed by atoms with E-state index < -0.39 is 17.3 Å². The predicted molar refractivity (Wildman–Crippen MR) is 109 cm³/mol. The van der Waals surface area contributed by atoms with E-state index in [4.69, 9.17) is 15.2 Å². The molecule has 1 atom stereocenters. The lowest BCUT2D eigenvalue weighted by Gasteiger charge is -2.17. The largest absolute Gasteiger partial charge is 0.493 e. The number of rotatable bonds is 12. The molecule has 0 saturated heterocycles. The van der Waals surface area contributed by atoms with Gasteiger partial charge in [0.25, 0.3) is 0 Å². The fourth-order valence-electron chi connectivity index (χ4n) is 2.63. The molecule has 3 N–H and O–H groups in total. The van der Waals surface area contributed by atoms with E-state index in [1.54, 1.807) is 6.92 Å². The van der Waals surface area contributed by atoms with Crippen LogP contribution in [0.4, 0.5) is 13.2 Å². The van der Waals surface area contributed by atoms with E-state index in [9.17, 15) is 18.3 Å². The summed E-state index contributed by atoms with van der Waals surface area (Å²) in [5.41, 5.74) is 4.22. The van der Waals surface area contributed by atoms with Gasteiger partial charge >= 0.3 is 6.18 Å². The number of hydrogen-bond donors (Lipinski definition) is 2. The van der Waals surface area contributed by atoms with Crippen LogP contribution < -0.4 is 10.5 Å². The summed E-state index contributed by atoms with van der Waals surface area (Å²) in [4.78, 5) is 0. The molecule has 0 fully saturated rings. The molecule has 10 heteroatoms. The van der Waals surface area contributed by atoms with Gasteiger partial charge in [-0.25, -0.2) is 0 Å². The molecule has 2 rings (SSSR count). The van der Waals surface area contributed by atoms with Crippen LogP contribution in [-0.4, -0.2) is 41.7 Å². The van der Waals surface area contributed by atoms with Crippen molar-refractivity contribution in [3.63, 3.8) is 0 Å². The number of alkyl halides is 3. The third kappa shape index (κ3) is 6.90. The highest BCUT2D eigenvalue weighted by atomic mass is 32.1. The molecule has 0 aliphatic heterocycles. The normalized spacial score (nSPS) is 14.0. The maximum atomic E-state index is 13.6. The maximum Gasteiger partial charge on any atom is 0.419 e. The van der Waals surface area contributed by atoms with E-state index in [2.05, 4.69) is 10.2 Å². The number of nitrogens with two attached hydrogens (primary N) is 1. The van der Waals surface area contributed by atoms with E-state index in [0.29, 0.717) is 29.6 Å². The van der Waals surface area contributed by atoms with Crippen LogP contribution in [0.3, 0.4) is 0 Å². The van der Waals surface area contributed by atoms with Gasteiger partial charge in [-0.2, -0.15) is 13.2 Å². The van der Waals surface area contributed by atoms with Gasteiger partial charge in [0.2, 0.25) is 0 Å². The zero-order valence-corrected chi connectivity index (χ0v) is 18.0. The quantitative estimate of drug-likeness (QED) is 0.470. The van der Waals surface area contributed by atoms with E-state index in [0.717, 1.165) is 36.7 Å². The van der Waals surface area contributed by atoms with Crippen LogP contribution in [-0.2, 0) is 16.5 Å². The van der Waals surface area contributed by atoms with Crippen molar-refractivity contribution >= 4 is 11.3 Å². The second-order valence-corrected chi connectivity index (χ2v) is 8.13. The van der Waals surface area contributed by atoms with Crippen LogP contribution in [0, 0.1) is 0 Å². The molecule has 1 aromatic heterocycles. The van der Waals surface area contributed by atoms with Crippen LogP contribution in [0.5, 0.6) is 5.75 Å². The Balaban J connectivity index is 2.05. The Morgan fingerprint density at radius 2 is 1.80 bits per heavy atom. The summed E-state index contributed by atoms with van der Waals surface area (Å²) in [6.45, 7) is 4.75. The van der Waals surface area contributed by atoms with Gasteiger partial charge in [0, 0.05) is 18.8 Å². The summed E-state index contributed by atoms with van der Waals surface area (Å²) in [5, 5.41) is 17.8. The van der Waals surface area contributed by atoms with Crippen LogP contribution in [0.25, 0.3) is 10.6 Å². The van der Waals surface area contributed by atoms with Gasteiger partial charge in [0.15, 0.2) is 0 Å². The molecule has 0 saturated carbocycles. The topological polar surface area (TPSA) is 90.5 Å². The number of benzene rings is 1. The minimum Gasteiger partial charge on any atom is -0.493 e. The molecule has 2 aromatic rings. The molecule has 0 radical (unpaired) electrons. The van der Waals surface area contributed by atoms with Gasteiger partial charge in [-0.05, 0) is 51.3 Å². The molecular formula is C20H28F3N3O3S. The second-order valence-electron chi connectivity index (χ2n) is 7.16. The molecule has 6 nitrogen and oxygen atoms in total. The van der Waals surface area contributed by atoms with Gasteiger partial charge in [-0.3, -0.25) is 0 Å². The van der Waals surface area contributed by atoms with Crippen LogP contribution >= 0.6 is 11.3 Å². The third-order valence-corrected chi connectivity index (χ3v) is 5.67. The van der Waals surface area contributed by atoms with Crippen LogP contribution in [0.2, 0.25) is 0 Å². The zero-order valence-electron chi connectivity index (χ0n) is 17.2. The van der Waals surface area contributed by atoms with Crippen LogP contribution in [0.1, 0.15) is 50.1 Å². The highest BCUT2D eigenvalue weighted by molar-refractivity contribution is 7.14. The van der Waals surface area contributed by atoms with E-state index in [-0.39, 0.29) is 24.5 Å². The predicted octanol–water partition coefficient (Wildman–Crippen LogP) is 4.37. The van der Waals surface area contributed by atoms with Crippen molar-refractivity contribution < 1.29 is 27.8 Å². The molecule has 0 bridgehead atoms. The number of nitrogens with zero attached hydrogens (tertiary/aromatic N) is 2. The highest BCUT2D eigenvalue weighted by Gasteiger charge is 2.35. The maximum absolute atomic E-state index is 13.6. The molecule has 1 aromatic carbocycles. The molecule has 168 valence electrons. The number of hydrogen-bond acceptors (Lipinski definition) is 7. The summed E-state index contributed by atoms with van der Waals surface area (Å²) in [6, 6.07) is 3.83.